The molecule has 4 rings (SSSR count). The Morgan fingerprint density at radius 3 is 2.75 bits per heavy atom. The van der Waals surface area contributed by atoms with Gasteiger partial charge in [0.2, 0.25) is 5.91 Å². The second-order valence-corrected chi connectivity index (χ2v) is 8.37. The molecule has 2 N–H and O–H groups in total. The van der Waals surface area contributed by atoms with Crippen LogP contribution in [0.5, 0.6) is 0 Å². The molecule has 3 atom stereocenters. The number of likely N-dealkylation sites (tertiary alicyclic amines) is 1. The van der Waals surface area contributed by atoms with Crippen LogP contribution in [-0.4, -0.2) is 49.7 Å². The van der Waals surface area contributed by atoms with Crippen LogP contribution in [0.15, 0.2) is 18.5 Å². The first kappa shape index (κ1) is 19.2. The third-order valence-electron chi connectivity index (χ3n) is 6.33. The smallest absolute Gasteiger partial charge is 0.220 e. The van der Waals surface area contributed by atoms with E-state index in [4.69, 9.17) is 4.98 Å². The fourth-order valence-electron chi connectivity index (χ4n) is 4.87. The number of aryl methyl sites for hydroxylation is 3. The van der Waals surface area contributed by atoms with Crippen molar-refractivity contribution in [1.29, 1.82) is 0 Å². The number of nitrogens with zero attached hydrogens (tertiary/aromatic N) is 4. The first-order valence-corrected chi connectivity index (χ1v) is 10.7. The molecular formula is C21H32N6O. The van der Waals surface area contributed by atoms with E-state index in [2.05, 4.69) is 34.1 Å². The van der Waals surface area contributed by atoms with Crippen molar-refractivity contribution in [1.82, 2.24) is 30.0 Å². The van der Waals surface area contributed by atoms with E-state index in [1.165, 1.54) is 24.2 Å². The molecule has 0 radical (unpaired) electrons. The minimum atomic E-state index is 0.193. The molecule has 1 unspecified atom stereocenters. The molecule has 2 fully saturated rings. The van der Waals surface area contributed by atoms with Crippen LogP contribution in [0.2, 0.25) is 0 Å². The zero-order valence-electron chi connectivity index (χ0n) is 17.0. The third kappa shape index (κ3) is 4.29. The van der Waals surface area contributed by atoms with Gasteiger partial charge in [-0.2, -0.15) is 5.10 Å². The van der Waals surface area contributed by atoms with Gasteiger partial charge in [0.25, 0.3) is 0 Å². The summed E-state index contributed by atoms with van der Waals surface area (Å²) >= 11 is 0. The lowest BCUT2D eigenvalue weighted by Crippen LogP contribution is -2.52. The number of carbonyl (C=O) groups is 1. The molecule has 0 spiro atoms. The number of hydrogen-bond donors (Lipinski definition) is 2. The molecule has 2 aliphatic rings. The summed E-state index contributed by atoms with van der Waals surface area (Å²) in [5, 5.41) is 7.54. The molecule has 3 heterocycles. The lowest BCUT2D eigenvalue weighted by atomic mass is 9.91. The fraction of sp³-hybridized carbons (Fsp3) is 0.667. The number of aromatic amines is 1. The minimum Gasteiger partial charge on any atom is -0.353 e. The molecule has 1 aliphatic carbocycles. The number of H-pyrrole nitrogens is 1. The van der Waals surface area contributed by atoms with Crippen molar-refractivity contribution < 1.29 is 4.79 Å². The Morgan fingerprint density at radius 1 is 1.32 bits per heavy atom. The number of piperidine rings is 1. The van der Waals surface area contributed by atoms with Crippen molar-refractivity contribution in [2.45, 2.75) is 65.1 Å². The van der Waals surface area contributed by atoms with Crippen molar-refractivity contribution >= 4 is 5.91 Å². The van der Waals surface area contributed by atoms with E-state index >= 15 is 0 Å². The Labute approximate surface area is 166 Å². The molecular weight excluding hydrogens is 352 g/mol. The highest BCUT2D eigenvalue weighted by Gasteiger charge is 2.42. The molecule has 7 nitrogen and oxygen atoms in total. The van der Waals surface area contributed by atoms with E-state index in [-0.39, 0.29) is 5.91 Å². The zero-order chi connectivity index (χ0) is 19.5. The molecule has 2 aromatic rings. The highest BCUT2D eigenvalue weighted by molar-refractivity contribution is 5.76. The summed E-state index contributed by atoms with van der Waals surface area (Å²) in [4.78, 5) is 23.1. The van der Waals surface area contributed by atoms with Gasteiger partial charge < -0.3 is 10.3 Å². The first-order chi connectivity index (χ1) is 13.6. The molecule has 1 saturated heterocycles. The van der Waals surface area contributed by atoms with Gasteiger partial charge in [-0.3, -0.25) is 14.4 Å². The average molecular weight is 385 g/mol. The molecule has 152 valence electrons. The Balaban J connectivity index is 1.26. The van der Waals surface area contributed by atoms with Gasteiger partial charge in [-0.1, -0.05) is 6.92 Å². The molecule has 1 aliphatic heterocycles. The van der Waals surface area contributed by atoms with Crippen molar-refractivity contribution in [3.05, 3.63) is 35.7 Å². The van der Waals surface area contributed by atoms with E-state index in [0.29, 0.717) is 24.3 Å². The van der Waals surface area contributed by atoms with Crippen molar-refractivity contribution in [2.75, 3.05) is 13.1 Å². The van der Waals surface area contributed by atoms with E-state index in [0.717, 1.165) is 44.8 Å². The Hall–Kier alpha value is -2.15. The van der Waals surface area contributed by atoms with Gasteiger partial charge in [0.1, 0.15) is 5.82 Å². The number of fused-ring (bicyclic) bond motifs is 2. The van der Waals surface area contributed by atoms with Gasteiger partial charge in [-0.05, 0) is 44.1 Å². The first-order valence-electron chi connectivity index (χ1n) is 10.7. The normalized spacial score (nSPS) is 24.6. The monoisotopic (exact) mass is 384 g/mol. The van der Waals surface area contributed by atoms with Crippen LogP contribution in [0.4, 0.5) is 0 Å². The maximum atomic E-state index is 12.4. The van der Waals surface area contributed by atoms with Crippen molar-refractivity contribution in [2.24, 2.45) is 11.8 Å². The third-order valence-corrected chi connectivity index (χ3v) is 6.33. The van der Waals surface area contributed by atoms with Crippen LogP contribution in [0.3, 0.4) is 0 Å². The highest BCUT2D eigenvalue weighted by atomic mass is 16.1. The van der Waals surface area contributed by atoms with Crippen LogP contribution < -0.4 is 5.32 Å². The summed E-state index contributed by atoms with van der Waals surface area (Å²) in [5.41, 5.74) is 2.37. The molecule has 1 saturated carbocycles. The zero-order valence-corrected chi connectivity index (χ0v) is 17.0. The Kier molecular flexibility index (Phi) is 5.80. The molecule has 0 aromatic carbocycles. The Morgan fingerprint density at radius 2 is 2.11 bits per heavy atom. The minimum absolute atomic E-state index is 0.193. The maximum Gasteiger partial charge on any atom is 0.220 e. The number of carbonyl (C=O) groups excluding carboxylic acids is 1. The van der Waals surface area contributed by atoms with E-state index in [9.17, 15) is 4.79 Å². The van der Waals surface area contributed by atoms with Crippen molar-refractivity contribution in [3.8, 4) is 0 Å². The molecule has 1 amide bonds. The van der Waals surface area contributed by atoms with Crippen LogP contribution in [0.1, 0.15) is 49.8 Å². The summed E-state index contributed by atoms with van der Waals surface area (Å²) in [7, 11) is 0. The summed E-state index contributed by atoms with van der Waals surface area (Å²) in [5.74, 6) is 2.41. The van der Waals surface area contributed by atoms with E-state index in [1.54, 1.807) is 6.20 Å². The predicted octanol–water partition coefficient (Wildman–Crippen LogP) is 2.28. The summed E-state index contributed by atoms with van der Waals surface area (Å²) in [6.07, 6.45) is 8.52. The topological polar surface area (TPSA) is 78.8 Å². The van der Waals surface area contributed by atoms with Crippen LogP contribution in [0.25, 0.3) is 0 Å². The summed E-state index contributed by atoms with van der Waals surface area (Å²) in [6.45, 7) is 8.08. The van der Waals surface area contributed by atoms with Gasteiger partial charge in [-0.15, -0.1) is 0 Å². The van der Waals surface area contributed by atoms with Gasteiger partial charge in [-0.25, -0.2) is 4.98 Å². The second-order valence-electron chi connectivity index (χ2n) is 8.37. The summed E-state index contributed by atoms with van der Waals surface area (Å²) < 4.78 is 1.89. The molecule has 2 bridgehead atoms. The number of hydrogen-bond acceptors (Lipinski definition) is 4. The van der Waals surface area contributed by atoms with Gasteiger partial charge in [0, 0.05) is 63.2 Å². The van der Waals surface area contributed by atoms with Crippen LogP contribution >= 0.6 is 0 Å². The molecule has 7 heteroatoms. The number of amides is 1. The number of nitrogens with one attached hydrogen (secondary N) is 2. The number of rotatable bonds is 8. The van der Waals surface area contributed by atoms with Crippen molar-refractivity contribution in [3.63, 3.8) is 0 Å². The van der Waals surface area contributed by atoms with Crippen LogP contribution in [-0.2, 0) is 24.3 Å². The molecule has 2 aromatic heterocycles. The number of aromatic nitrogens is 4. The quantitative estimate of drug-likeness (QED) is 0.732. The van der Waals surface area contributed by atoms with E-state index < -0.39 is 0 Å². The maximum absolute atomic E-state index is 12.4. The van der Waals surface area contributed by atoms with Gasteiger partial charge in [0.15, 0.2) is 0 Å². The summed E-state index contributed by atoms with van der Waals surface area (Å²) in [6, 6.07) is 2.26. The standard InChI is InChI=1S/C21H32N6O/c1-3-19-23-15(2)18(24-19)14-26-12-16-7-8-17(13-26)21(16)25-20(28)6-4-10-27-11-5-9-22-27/h5,9,11,16-17,21H,3-4,6-8,10,12-14H2,1-2H3,(H,23,24)(H,25,28)/t16-,17+,21?. The van der Waals surface area contributed by atoms with Gasteiger partial charge >= 0.3 is 0 Å². The fourth-order valence-corrected chi connectivity index (χ4v) is 4.87. The lowest BCUT2D eigenvalue weighted by molar-refractivity contribution is -0.122. The second kappa shape index (κ2) is 8.47. The predicted molar refractivity (Wildman–Crippen MR) is 108 cm³/mol. The van der Waals surface area contributed by atoms with Gasteiger partial charge in [0.05, 0.1) is 5.69 Å². The average Bonchev–Trinajstić information content (AvgIpc) is 3.36. The lowest BCUT2D eigenvalue weighted by Gasteiger charge is -2.38. The largest absolute Gasteiger partial charge is 0.353 e. The van der Waals surface area contributed by atoms with Crippen LogP contribution in [0, 0.1) is 18.8 Å². The molecule has 28 heavy (non-hydrogen) atoms. The highest BCUT2D eigenvalue weighted by Crippen LogP contribution is 2.37. The number of imidazole rings is 1. The Bertz CT molecular complexity index is 769. The SMILES string of the molecule is CCc1nc(CN2C[C@H]3CC[C@@H](C2)C3NC(=O)CCCn2cccn2)c(C)[nH]1. The van der Waals surface area contributed by atoms with E-state index in [1.807, 2.05) is 16.9 Å².